The van der Waals surface area contributed by atoms with Crippen molar-refractivity contribution in [2.24, 2.45) is 0 Å². The van der Waals surface area contributed by atoms with Gasteiger partial charge in [-0.3, -0.25) is 4.79 Å². The molecule has 2 aromatic rings. The van der Waals surface area contributed by atoms with Crippen LogP contribution in [0.4, 0.5) is 0 Å². The molecule has 0 aromatic heterocycles. The topological polar surface area (TPSA) is 77.4 Å². The van der Waals surface area contributed by atoms with Crippen molar-refractivity contribution in [2.75, 3.05) is 26.2 Å². The first-order valence-electron chi connectivity index (χ1n) is 16.2. The van der Waals surface area contributed by atoms with E-state index < -0.39 is 11.9 Å². The number of benzene rings is 2. The molecule has 0 saturated heterocycles. The molecule has 0 spiro atoms. The van der Waals surface area contributed by atoms with Crippen molar-refractivity contribution in [2.45, 2.75) is 117 Å². The first-order chi connectivity index (χ1) is 19.8. The van der Waals surface area contributed by atoms with Crippen LogP contribution >= 0.6 is 0 Å². The summed E-state index contributed by atoms with van der Waals surface area (Å²) in [6.07, 6.45) is 10.1. The summed E-state index contributed by atoms with van der Waals surface area (Å²) in [7, 11) is 0. The predicted octanol–water partition coefficient (Wildman–Crippen LogP) is 7.95. The maximum Gasteiger partial charge on any atom is 0.303 e. The second kappa shape index (κ2) is 22.0. The summed E-state index contributed by atoms with van der Waals surface area (Å²) in [5.41, 5.74) is 2.73. The van der Waals surface area contributed by atoms with E-state index in [9.17, 15) is 14.7 Å². The number of nitrogens with zero attached hydrogens (tertiary/aromatic N) is 1. The van der Waals surface area contributed by atoms with E-state index >= 15 is 0 Å². The Morgan fingerprint density at radius 2 is 1.02 bits per heavy atom. The molecule has 230 valence electrons. The van der Waals surface area contributed by atoms with Crippen molar-refractivity contribution < 1.29 is 24.3 Å². The van der Waals surface area contributed by atoms with Crippen LogP contribution in [-0.4, -0.2) is 47.7 Å². The second-order valence-corrected chi connectivity index (χ2v) is 11.4. The Morgan fingerprint density at radius 1 is 0.634 bits per heavy atom. The lowest BCUT2D eigenvalue weighted by Crippen LogP contribution is -2.47. The number of carboxylic acids is 2. The number of unbranched alkanes of at least 4 members (excludes halogenated alkanes) is 5. The Labute approximate surface area is 250 Å². The zero-order valence-corrected chi connectivity index (χ0v) is 26.4. The maximum atomic E-state index is 10.7. The van der Waals surface area contributed by atoms with Crippen molar-refractivity contribution in [1.29, 1.82) is 0 Å². The molecular formula is C36H57NO4. The molecular weight excluding hydrogens is 510 g/mol. The van der Waals surface area contributed by atoms with E-state index in [2.05, 4.69) is 82.3 Å². The van der Waals surface area contributed by atoms with E-state index in [-0.39, 0.29) is 12.8 Å². The van der Waals surface area contributed by atoms with Gasteiger partial charge in [-0.2, -0.15) is 0 Å². The fraction of sp³-hybridized carbons (Fsp3) is 0.611. The first kappa shape index (κ1) is 36.4. The van der Waals surface area contributed by atoms with Gasteiger partial charge in [0.2, 0.25) is 0 Å². The van der Waals surface area contributed by atoms with Crippen LogP contribution in [0.25, 0.3) is 0 Å². The quantitative estimate of drug-likeness (QED) is 0.123. The molecule has 0 bridgehead atoms. The summed E-state index contributed by atoms with van der Waals surface area (Å²) in [5.74, 6) is -0.768. The summed E-state index contributed by atoms with van der Waals surface area (Å²) in [6.45, 7) is 14.2. The lowest BCUT2D eigenvalue weighted by Gasteiger charge is -2.34. The Balaban J connectivity index is 0.000000803. The molecule has 5 nitrogen and oxygen atoms in total. The molecule has 5 heteroatoms. The molecule has 2 rings (SSSR count). The van der Waals surface area contributed by atoms with E-state index in [1.165, 1.54) is 41.8 Å². The largest absolute Gasteiger partial charge is 0.550 e. The average Bonchev–Trinajstić information content (AvgIpc) is 2.99. The van der Waals surface area contributed by atoms with Gasteiger partial charge in [0.1, 0.15) is 0 Å². The van der Waals surface area contributed by atoms with E-state index in [4.69, 9.17) is 5.11 Å². The zero-order chi connectivity index (χ0) is 30.3. The SMILES string of the molecule is CC[N+](CC)(CC)CC.O=C([O-])CCCCCC(CC(CCCCCCC(=O)O)c1ccccc1)c1ccccc1. The standard InChI is InChI=1S/C28H38O4.C8H20N/c29-27(30)20-12-2-1-6-18-25(23-14-7-3-8-15-23)22-26(24-16-9-4-10-17-24)19-11-5-13-21-28(31)32;1-5-9(6-2,7-3)8-4/h3-4,7-10,14-17,25-26H,1-2,5-6,11-13,18-22H2,(H,29,30)(H,31,32);5-8H2,1-4H3/q;+1/p-1. The summed E-state index contributed by atoms with van der Waals surface area (Å²) in [4.78, 5) is 21.4. The van der Waals surface area contributed by atoms with Crippen LogP contribution in [0.5, 0.6) is 0 Å². The van der Waals surface area contributed by atoms with Gasteiger partial charge in [0, 0.05) is 12.4 Å². The molecule has 0 aliphatic rings. The molecule has 0 saturated carbocycles. The minimum Gasteiger partial charge on any atom is -0.550 e. The van der Waals surface area contributed by atoms with Gasteiger partial charge in [-0.15, -0.1) is 0 Å². The maximum absolute atomic E-state index is 10.7. The highest BCUT2D eigenvalue weighted by Gasteiger charge is 2.20. The predicted molar refractivity (Wildman–Crippen MR) is 169 cm³/mol. The van der Waals surface area contributed by atoms with Crippen LogP contribution < -0.4 is 5.11 Å². The lowest BCUT2D eigenvalue weighted by molar-refractivity contribution is -0.921. The van der Waals surface area contributed by atoms with Crippen molar-refractivity contribution >= 4 is 11.9 Å². The van der Waals surface area contributed by atoms with E-state index in [0.717, 1.165) is 57.8 Å². The van der Waals surface area contributed by atoms with Crippen molar-refractivity contribution in [1.82, 2.24) is 0 Å². The number of quaternary nitrogens is 1. The number of carboxylic acid groups (broad SMARTS) is 2. The molecule has 0 aliphatic heterocycles. The van der Waals surface area contributed by atoms with E-state index in [0.29, 0.717) is 18.3 Å². The Kier molecular flexibility index (Phi) is 19.5. The third-order valence-electron chi connectivity index (χ3n) is 8.92. The number of carbonyl (C=O) groups excluding carboxylic acids is 1. The molecule has 0 heterocycles. The molecule has 0 fully saturated rings. The molecule has 0 aliphatic carbocycles. The van der Waals surface area contributed by atoms with Crippen LogP contribution in [0.15, 0.2) is 60.7 Å². The van der Waals surface area contributed by atoms with Crippen LogP contribution in [0.2, 0.25) is 0 Å². The summed E-state index contributed by atoms with van der Waals surface area (Å²) >= 11 is 0. The molecule has 2 aromatic carbocycles. The van der Waals surface area contributed by atoms with Gasteiger partial charge in [-0.25, -0.2) is 0 Å². The highest BCUT2D eigenvalue weighted by molar-refractivity contribution is 5.66. The molecule has 2 atom stereocenters. The zero-order valence-electron chi connectivity index (χ0n) is 26.4. The number of hydrogen-bond donors (Lipinski definition) is 1. The normalized spacial score (nSPS) is 12.7. The van der Waals surface area contributed by atoms with Crippen molar-refractivity contribution in [3.8, 4) is 0 Å². The van der Waals surface area contributed by atoms with E-state index in [1.54, 1.807) is 0 Å². The smallest absolute Gasteiger partial charge is 0.303 e. The van der Waals surface area contributed by atoms with Crippen LogP contribution in [0.3, 0.4) is 0 Å². The Hall–Kier alpha value is -2.66. The number of carbonyl (C=O) groups is 2. The third kappa shape index (κ3) is 15.8. The minimum absolute atomic E-state index is 0.143. The summed E-state index contributed by atoms with van der Waals surface area (Å²) < 4.78 is 1.28. The lowest BCUT2D eigenvalue weighted by atomic mass is 9.80. The Morgan fingerprint density at radius 3 is 1.39 bits per heavy atom. The van der Waals surface area contributed by atoms with Gasteiger partial charge in [-0.1, -0.05) is 92.8 Å². The third-order valence-corrected chi connectivity index (χ3v) is 8.92. The highest BCUT2D eigenvalue weighted by atomic mass is 16.4. The number of hydrogen-bond acceptors (Lipinski definition) is 3. The van der Waals surface area contributed by atoms with Crippen molar-refractivity contribution in [3.05, 3.63) is 71.8 Å². The number of rotatable bonds is 21. The number of aliphatic carboxylic acids is 2. The second-order valence-electron chi connectivity index (χ2n) is 11.4. The first-order valence-corrected chi connectivity index (χ1v) is 16.2. The molecule has 1 N–H and O–H groups in total. The van der Waals surface area contributed by atoms with Gasteiger partial charge in [-0.05, 0) is 89.2 Å². The van der Waals surface area contributed by atoms with Crippen LogP contribution in [0.1, 0.15) is 128 Å². The van der Waals surface area contributed by atoms with Crippen LogP contribution in [0, 0.1) is 0 Å². The summed E-state index contributed by atoms with van der Waals surface area (Å²) in [5, 5.41) is 19.5. The molecule has 0 amide bonds. The van der Waals surface area contributed by atoms with Gasteiger partial charge in [0.15, 0.2) is 0 Å². The molecule has 41 heavy (non-hydrogen) atoms. The van der Waals surface area contributed by atoms with Gasteiger partial charge in [0.25, 0.3) is 0 Å². The van der Waals surface area contributed by atoms with Gasteiger partial charge in [0.05, 0.1) is 26.2 Å². The highest BCUT2D eigenvalue weighted by Crippen LogP contribution is 2.36. The van der Waals surface area contributed by atoms with Gasteiger partial charge < -0.3 is 19.5 Å². The average molecular weight is 568 g/mol. The van der Waals surface area contributed by atoms with Crippen molar-refractivity contribution in [3.63, 3.8) is 0 Å². The summed E-state index contributed by atoms with van der Waals surface area (Å²) in [6, 6.07) is 21.4. The molecule has 0 radical (unpaired) electrons. The Bertz CT molecular complexity index is 910. The molecule has 2 unspecified atom stereocenters. The van der Waals surface area contributed by atoms with Crippen LogP contribution in [-0.2, 0) is 9.59 Å². The fourth-order valence-corrected chi connectivity index (χ4v) is 5.83. The fourth-order valence-electron chi connectivity index (χ4n) is 5.83. The minimum atomic E-state index is -0.961. The van der Waals surface area contributed by atoms with Gasteiger partial charge >= 0.3 is 5.97 Å². The van der Waals surface area contributed by atoms with E-state index in [1.807, 2.05) is 6.07 Å². The monoisotopic (exact) mass is 567 g/mol.